The van der Waals surface area contributed by atoms with Crippen molar-refractivity contribution in [3.63, 3.8) is 0 Å². The van der Waals surface area contributed by atoms with Gasteiger partial charge in [0.2, 0.25) is 0 Å². The van der Waals surface area contributed by atoms with Crippen LogP contribution in [0, 0.1) is 22.7 Å². The molecule has 2 aliphatic carbocycles. The number of nitrogens with zero attached hydrogens (tertiary/aromatic N) is 2. The van der Waals surface area contributed by atoms with E-state index in [0.29, 0.717) is 12.1 Å². The van der Waals surface area contributed by atoms with Crippen LogP contribution in [-0.4, -0.2) is 29.1 Å². The van der Waals surface area contributed by atoms with Crippen molar-refractivity contribution in [2.75, 3.05) is 0 Å². The molecule has 4 bridgehead atoms. The van der Waals surface area contributed by atoms with Crippen LogP contribution in [0.1, 0.15) is 71.1 Å². The molecule has 3 unspecified atom stereocenters. The zero-order valence-corrected chi connectivity index (χ0v) is 13.4. The van der Waals surface area contributed by atoms with Gasteiger partial charge in [-0.25, -0.2) is 0 Å². The predicted octanol–water partition coefficient (Wildman–Crippen LogP) is 4.35. The summed E-state index contributed by atoms with van der Waals surface area (Å²) >= 11 is 0. The minimum absolute atomic E-state index is 0.111. The van der Waals surface area contributed by atoms with Gasteiger partial charge in [-0.15, -0.1) is 0 Å². The molecule has 0 aromatic carbocycles. The van der Waals surface area contributed by atoms with Gasteiger partial charge in [-0.1, -0.05) is 18.5 Å². The number of rotatable bonds is 2. The summed E-state index contributed by atoms with van der Waals surface area (Å²) in [4.78, 5) is 13.9. The second-order valence-electron chi connectivity index (χ2n) is 8.59. The molecule has 2 saturated heterocycles. The van der Waals surface area contributed by atoms with E-state index >= 15 is 0 Å². The van der Waals surface area contributed by atoms with E-state index in [9.17, 15) is 4.91 Å². The van der Waals surface area contributed by atoms with Crippen LogP contribution in [0.3, 0.4) is 0 Å². The van der Waals surface area contributed by atoms with Gasteiger partial charge < -0.3 is 0 Å². The average molecular weight is 290 g/mol. The van der Waals surface area contributed by atoms with Crippen molar-refractivity contribution in [3.8, 4) is 0 Å². The lowest BCUT2D eigenvalue weighted by molar-refractivity contribution is -0.0445. The van der Waals surface area contributed by atoms with Crippen LogP contribution < -0.4 is 0 Å². The van der Waals surface area contributed by atoms with Crippen molar-refractivity contribution in [2.45, 2.75) is 95.3 Å². The van der Waals surface area contributed by atoms with Crippen LogP contribution >= 0.6 is 0 Å². The number of hydrogen-bond donors (Lipinski definition) is 0. The number of fused-ring (bicyclic) bond motifs is 4. The van der Waals surface area contributed by atoms with Crippen molar-refractivity contribution >= 4 is 0 Å². The molecule has 4 aliphatic rings. The molecular formula is C18H30N2O. The van der Waals surface area contributed by atoms with Gasteiger partial charge in [0.05, 0.1) is 6.04 Å². The third-order valence-electron chi connectivity index (χ3n) is 6.93. The molecule has 118 valence electrons. The summed E-state index contributed by atoms with van der Waals surface area (Å²) in [6.07, 6.45) is 13.4. The summed E-state index contributed by atoms with van der Waals surface area (Å²) < 4.78 is 0. The second-order valence-corrected chi connectivity index (χ2v) is 8.59. The second kappa shape index (κ2) is 5.64. The van der Waals surface area contributed by atoms with E-state index in [1.165, 1.54) is 51.4 Å². The smallest absolute Gasteiger partial charge is 0.0949 e. The summed E-state index contributed by atoms with van der Waals surface area (Å²) in [6, 6.07) is 2.27. The number of hydrogen-bond acceptors (Lipinski definition) is 3. The molecule has 21 heavy (non-hydrogen) atoms. The Morgan fingerprint density at radius 2 is 1.43 bits per heavy atom. The highest BCUT2D eigenvalue weighted by molar-refractivity contribution is 5.00. The molecule has 3 heteroatoms. The normalized spacial score (nSPS) is 50.6. The maximum absolute atomic E-state index is 11.0. The maximum atomic E-state index is 11.0. The van der Waals surface area contributed by atoms with E-state index in [-0.39, 0.29) is 6.04 Å². The van der Waals surface area contributed by atoms with Crippen LogP contribution in [0.15, 0.2) is 5.18 Å². The molecule has 0 radical (unpaired) electrons. The van der Waals surface area contributed by atoms with Crippen LogP contribution in [0.5, 0.6) is 0 Å². The van der Waals surface area contributed by atoms with Crippen molar-refractivity contribution in [2.24, 2.45) is 22.9 Å². The van der Waals surface area contributed by atoms with Gasteiger partial charge in [-0.05, 0) is 75.5 Å². The standard InChI is InChI=1S/C18H30N2O/c1-12-5-13-7-14(6-12)9-18(8-13)20-16-3-2-4-17(20)11-15(10-16)19-21/h12-18H,2-11H2,1H3/t12?,13-,14+,15?,16-,17+,18?. The van der Waals surface area contributed by atoms with Gasteiger partial charge in [0.15, 0.2) is 0 Å². The fourth-order valence-electron chi connectivity index (χ4n) is 6.46. The first-order valence-electron chi connectivity index (χ1n) is 9.32. The Labute approximate surface area is 128 Å². The van der Waals surface area contributed by atoms with Crippen molar-refractivity contribution in [1.29, 1.82) is 0 Å². The van der Waals surface area contributed by atoms with E-state index in [1.54, 1.807) is 0 Å². The average Bonchev–Trinajstić information content (AvgIpc) is 2.44. The molecule has 0 spiro atoms. The molecule has 0 amide bonds. The first-order chi connectivity index (χ1) is 10.2. The lowest BCUT2D eigenvalue weighted by Gasteiger charge is -2.54. The third kappa shape index (κ3) is 2.67. The van der Waals surface area contributed by atoms with Gasteiger partial charge in [0.1, 0.15) is 0 Å². The minimum Gasteiger partial charge on any atom is -0.294 e. The van der Waals surface area contributed by atoms with Crippen molar-refractivity contribution in [3.05, 3.63) is 4.91 Å². The molecular weight excluding hydrogens is 260 g/mol. The van der Waals surface area contributed by atoms with Gasteiger partial charge in [0.25, 0.3) is 0 Å². The Kier molecular flexibility index (Phi) is 3.81. The van der Waals surface area contributed by atoms with Gasteiger partial charge >= 0.3 is 0 Å². The summed E-state index contributed by atoms with van der Waals surface area (Å²) in [5.41, 5.74) is 0. The molecule has 2 saturated carbocycles. The van der Waals surface area contributed by atoms with Gasteiger partial charge in [0, 0.05) is 18.1 Å². The first-order valence-corrected chi connectivity index (χ1v) is 9.32. The van der Waals surface area contributed by atoms with Crippen LogP contribution in [-0.2, 0) is 0 Å². The van der Waals surface area contributed by atoms with E-state index in [0.717, 1.165) is 36.6 Å². The van der Waals surface area contributed by atoms with Crippen molar-refractivity contribution < 1.29 is 0 Å². The van der Waals surface area contributed by atoms with Crippen LogP contribution in [0.4, 0.5) is 0 Å². The van der Waals surface area contributed by atoms with Crippen LogP contribution in [0.2, 0.25) is 0 Å². The molecule has 7 atom stereocenters. The Bertz CT molecular complexity index is 367. The molecule has 0 N–H and O–H groups in total. The monoisotopic (exact) mass is 290 g/mol. The molecule has 4 rings (SSSR count). The zero-order chi connectivity index (χ0) is 14.4. The highest BCUT2D eigenvalue weighted by Gasteiger charge is 2.45. The third-order valence-corrected chi connectivity index (χ3v) is 6.93. The summed E-state index contributed by atoms with van der Waals surface area (Å²) in [6.45, 7) is 2.45. The Hall–Kier alpha value is -0.440. The maximum Gasteiger partial charge on any atom is 0.0949 e. The quantitative estimate of drug-likeness (QED) is 0.708. The van der Waals surface area contributed by atoms with E-state index in [2.05, 4.69) is 17.0 Å². The first kappa shape index (κ1) is 14.2. The highest BCUT2D eigenvalue weighted by atomic mass is 16.3. The van der Waals surface area contributed by atoms with Gasteiger partial charge in [-0.2, -0.15) is 4.91 Å². The van der Waals surface area contributed by atoms with E-state index < -0.39 is 0 Å². The van der Waals surface area contributed by atoms with Crippen LogP contribution in [0.25, 0.3) is 0 Å². The molecule has 2 heterocycles. The fourth-order valence-corrected chi connectivity index (χ4v) is 6.46. The summed E-state index contributed by atoms with van der Waals surface area (Å²) in [7, 11) is 0. The summed E-state index contributed by atoms with van der Waals surface area (Å²) in [5.74, 6) is 2.93. The molecule has 4 fully saturated rings. The lowest BCUT2D eigenvalue weighted by atomic mass is 9.65. The van der Waals surface area contributed by atoms with Gasteiger partial charge in [-0.3, -0.25) is 4.90 Å². The largest absolute Gasteiger partial charge is 0.294 e. The lowest BCUT2D eigenvalue weighted by Crippen LogP contribution is -2.59. The number of piperidine rings is 2. The van der Waals surface area contributed by atoms with E-state index in [1.807, 2.05) is 0 Å². The highest BCUT2D eigenvalue weighted by Crippen LogP contribution is 2.47. The van der Waals surface area contributed by atoms with E-state index in [4.69, 9.17) is 0 Å². The Balaban J connectivity index is 1.49. The van der Waals surface area contributed by atoms with Crippen molar-refractivity contribution in [1.82, 2.24) is 4.90 Å². The SMILES string of the molecule is CC1C[C@@H]2CC(N3[C@@H]4CCC[C@H]3CC(N=O)C4)C[C@H](C1)C2. The number of nitroso groups, excluding NO2 is 1. The summed E-state index contributed by atoms with van der Waals surface area (Å²) in [5, 5.41) is 3.40. The zero-order valence-electron chi connectivity index (χ0n) is 13.4. The fraction of sp³-hybridized carbons (Fsp3) is 1.00. The Morgan fingerprint density at radius 3 is 2.00 bits per heavy atom. The minimum atomic E-state index is 0.111. The predicted molar refractivity (Wildman–Crippen MR) is 85.1 cm³/mol. The topological polar surface area (TPSA) is 32.7 Å². The molecule has 3 nitrogen and oxygen atoms in total. The molecule has 0 aromatic heterocycles. The Morgan fingerprint density at radius 1 is 0.810 bits per heavy atom. The molecule has 2 aliphatic heterocycles. The molecule has 0 aromatic rings.